The van der Waals surface area contributed by atoms with Crippen LogP contribution in [-0.2, 0) is 0 Å². The van der Waals surface area contributed by atoms with Gasteiger partial charge in [0.1, 0.15) is 6.61 Å². The molecular formula is C5H5F9O2. The predicted octanol–water partition coefficient (Wildman–Crippen LogP) is 2.01. The van der Waals surface area contributed by atoms with Gasteiger partial charge >= 0.3 is 18.5 Å². The minimum atomic E-state index is -5.63. The lowest BCUT2D eigenvalue weighted by Crippen LogP contribution is -2.41. The summed E-state index contributed by atoms with van der Waals surface area (Å²) in [7, 11) is 0. The Bertz CT molecular complexity index is 176. The largest absolute Gasteiger partial charge is 0.423 e. The molecule has 0 aliphatic carbocycles. The molecule has 0 saturated heterocycles. The van der Waals surface area contributed by atoms with E-state index in [1.807, 2.05) is 0 Å². The molecule has 100 valence electrons. The Labute approximate surface area is 82.3 Å². The number of hydrogen-bond acceptors (Lipinski definition) is 2. The summed E-state index contributed by atoms with van der Waals surface area (Å²) in [5.74, 6) is 0. The van der Waals surface area contributed by atoms with E-state index in [1.54, 1.807) is 0 Å². The van der Waals surface area contributed by atoms with E-state index in [9.17, 15) is 39.5 Å². The van der Waals surface area contributed by atoms with Crippen LogP contribution in [0.1, 0.15) is 0 Å². The Hall–Kier alpha value is -0.710. The smallest absolute Gasteiger partial charge is 0.387 e. The average Bonchev–Trinajstić information content (AvgIpc) is 1.99. The molecule has 0 aromatic heterocycles. The van der Waals surface area contributed by atoms with Gasteiger partial charge in [-0.05, 0) is 0 Å². The molecule has 0 rings (SSSR count). The Kier molecular flexibility index (Phi) is 6.15. The summed E-state index contributed by atoms with van der Waals surface area (Å²) in [5, 5.41) is 14.8. The van der Waals surface area contributed by atoms with Crippen LogP contribution in [0, 0.1) is 0 Å². The molecule has 2 nitrogen and oxygen atoms in total. The van der Waals surface area contributed by atoms with Crippen LogP contribution in [0.2, 0.25) is 0 Å². The molecule has 11 heteroatoms. The molecule has 16 heavy (non-hydrogen) atoms. The summed E-state index contributed by atoms with van der Waals surface area (Å²) in [5.41, 5.74) is 0. The van der Waals surface area contributed by atoms with Gasteiger partial charge in [-0.25, -0.2) is 0 Å². The molecule has 0 aromatic rings. The minimum Gasteiger partial charge on any atom is -0.387 e. The lowest BCUT2D eigenvalue weighted by atomic mass is 10.3. The van der Waals surface area contributed by atoms with Crippen molar-refractivity contribution >= 4 is 0 Å². The number of alkyl halides is 9. The van der Waals surface area contributed by atoms with Gasteiger partial charge in [0, 0.05) is 0 Å². The van der Waals surface area contributed by atoms with E-state index in [1.165, 1.54) is 0 Å². The fourth-order valence-electron chi connectivity index (χ4n) is 0.186. The Balaban J connectivity index is 0. The summed E-state index contributed by atoms with van der Waals surface area (Å²) < 4.78 is 97.5. The first-order valence-electron chi connectivity index (χ1n) is 3.21. The van der Waals surface area contributed by atoms with Crippen LogP contribution >= 0.6 is 0 Å². The van der Waals surface area contributed by atoms with Crippen molar-refractivity contribution in [1.82, 2.24) is 0 Å². The van der Waals surface area contributed by atoms with Crippen molar-refractivity contribution < 1.29 is 49.7 Å². The summed E-state index contributed by atoms with van der Waals surface area (Å²) in [6.45, 7) is -1.73. The van der Waals surface area contributed by atoms with Gasteiger partial charge in [-0.15, -0.1) is 0 Å². The molecule has 0 aliphatic heterocycles. The third kappa shape index (κ3) is 9.83. The zero-order chi connectivity index (χ0) is 13.8. The van der Waals surface area contributed by atoms with Gasteiger partial charge in [0.15, 0.2) is 0 Å². The maximum atomic E-state index is 11.0. The SMILES string of the molecule is OC(C(F)(F)F)C(F)(F)F.OCC(F)(F)F. The second-order valence-electron chi connectivity index (χ2n) is 2.26. The lowest BCUT2D eigenvalue weighted by molar-refractivity contribution is -0.308. The zero-order valence-corrected chi connectivity index (χ0v) is 7.08. The predicted molar refractivity (Wildman–Crippen MR) is 31.3 cm³/mol. The van der Waals surface area contributed by atoms with Gasteiger partial charge in [0.05, 0.1) is 0 Å². The van der Waals surface area contributed by atoms with Gasteiger partial charge in [-0.1, -0.05) is 0 Å². The maximum Gasteiger partial charge on any atom is 0.423 e. The van der Waals surface area contributed by atoms with Crippen LogP contribution in [0.3, 0.4) is 0 Å². The second kappa shape index (κ2) is 5.57. The minimum absolute atomic E-state index is 1.73. The third-order valence-electron chi connectivity index (χ3n) is 0.799. The van der Waals surface area contributed by atoms with Crippen molar-refractivity contribution in [3.8, 4) is 0 Å². The van der Waals surface area contributed by atoms with Gasteiger partial charge < -0.3 is 10.2 Å². The van der Waals surface area contributed by atoms with E-state index in [0.29, 0.717) is 0 Å². The molecule has 0 fully saturated rings. The summed E-state index contributed by atoms with van der Waals surface area (Å²) in [6, 6.07) is 0. The zero-order valence-electron chi connectivity index (χ0n) is 7.08. The van der Waals surface area contributed by atoms with Crippen LogP contribution in [0.4, 0.5) is 39.5 Å². The first-order chi connectivity index (χ1) is 6.72. The molecule has 0 unspecified atom stereocenters. The molecule has 0 saturated carbocycles. The Morgan fingerprint density at radius 3 is 0.938 bits per heavy atom. The molecule has 0 heterocycles. The van der Waals surface area contributed by atoms with E-state index in [4.69, 9.17) is 10.2 Å². The Morgan fingerprint density at radius 1 is 0.750 bits per heavy atom. The van der Waals surface area contributed by atoms with Crippen molar-refractivity contribution in [2.75, 3.05) is 6.61 Å². The maximum absolute atomic E-state index is 11.0. The topological polar surface area (TPSA) is 40.5 Å². The fraction of sp³-hybridized carbons (Fsp3) is 1.00. The van der Waals surface area contributed by atoms with Crippen LogP contribution < -0.4 is 0 Å². The van der Waals surface area contributed by atoms with E-state index < -0.39 is 31.2 Å². The monoisotopic (exact) mass is 268 g/mol. The van der Waals surface area contributed by atoms with Crippen molar-refractivity contribution in [1.29, 1.82) is 0 Å². The van der Waals surface area contributed by atoms with Crippen molar-refractivity contribution in [3.63, 3.8) is 0 Å². The number of halogens is 9. The van der Waals surface area contributed by atoms with Crippen LogP contribution in [0.15, 0.2) is 0 Å². The third-order valence-corrected chi connectivity index (χ3v) is 0.799. The molecule has 0 bridgehead atoms. The number of aliphatic hydroxyl groups is 2. The van der Waals surface area contributed by atoms with Gasteiger partial charge in [0.25, 0.3) is 0 Å². The number of rotatable bonds is 0. The highest BCUT2D eigenvalue weighted by atomic mass is 19.4. The second-order valence-corrected chi connectivity index (χ2v) is 2.26. The lowest BCUT2D eigenvalue weighted by Gasteiger charge is -2.16. The highest BCUT2D eigenvalue weighted by molar-refractivity contribution is 4.72. The van der Waals surface area contributed by atoms with Gasteiger partial charge in [-0.3, -0.25) is 0 Å². The normalized spacial score (nSPS) is 13.5. The highest BCUT2D eigenvalue weighted by Gasteiger charge is 2.55. The van der Waals surface area contributed by atoms with Crippen molar-refractivity contribution in [2.24, 2.45) is 0 Å². The summed E-state index contributed by atoms with van der Waals surface area (Å²) >= 11 is 0. The number of aliphatic hydroxyl groups excluding tert-OH is 2. The molecule has 0 atom stereocenters. The molecule has 0 spiro atoms. The van der Waals surface area contributed by atoms with Crippen LogP contribution in [0.25, 0.3) is 0 Å². The van der Waals surface area contributed by atoms with E-state index in [-0.39, 0.29) is 0 Å². The Morgan fingerprint density at radius 2 is 0.938 bits per heavy atom. The van der Waals surface area contributed by atoms with E-state index in [2.05, 4.69) is 0 Å². The quantitative estimate of drug-likeness (QED) is 0.660. The van der Waals surface area contributed by atoms with Crippen LogP contribution in [0.5, 0.6) is 0 Å². The molecule has 0 aromatic carbocycles. The molecular weight excluding hydrogens is 263 g/mol. The molecule has 2 N–H and O–H groups in total. The first-order valence-corrected chi connectivity index (χ1v) is 3.21. The fourth-order valence-corrected chi connectivity index (χ4v) is 0.186. The molecule has 0 radical (unpaired) electrons. The highest BCUT2D eigenvalue weighted by Crippen LogP contribution is 2.32. The van der Waals surface area contributed by atoms with Gasteiger partial charge in [0.2, 0.25) is 6.10 Å². The standard InChI is InChI=1S/C3H2F6O.C2H3F3O/c4-2(5,6)1(10)3(7,8)9;3-2(4,5)1-6/h1,10H;6H,1H2. The molecule has 0 amide bonds. The number of hydrogen-bond donors (Lipinski definition) is 2. The van der Waals surface area contributed by atoms with E-state index in [0.717, 1.165) is 0 Å². The van der Waals surface area contributed by atoms with Gasteiger partial charge in [-0.2, -0.15) is 39.5 Å². The average molecular weight is 268 g/mol. The van der Waals surface area contributed by atoms with Crippen molar-refractivity contribution in [3.05, 3.63) is 0 Å². The summed E-state index contributed by atoms with van der Waals surface area (Å²) in [4.78, 5) is 0. The molecule has 0 aliphatic rings. The van der Waals surface area contributed by atoms with Crippen LogP contribution in [-0.4, -0.2) is 41.5 Å². The van der Waals surface area contributed by atoms with Crippen molar-refractivity contribution in [2.45, 2.75) is 24.6 Å². The first kappa shape index (κ1) is 17.7. The van der Waals surface area contributed by atoms with E-state index >= 15 is 0 Å². The summed E-state index contributed by atoms with van der Waals surface area (Å²) in [6.07, 6.45) is -19.9.